The summed E-state index contributed by atoms with van der Waals surface area (Å²) in [5, 5.41) is 0. The summed E-state index contributed by atoms with van der Waals surface area (Å²) in [6, 6.07) is 4.75. The average Bonchev–Trinajstić information content (AvgIpc) is 2.86. The van der Waals surface area contributed by atoms with E-state index in [2.05, 4.69) is 4.98 Å². The average molecular weight is 276 g/mol. The van der Waals surface area contributed by atoms with Crippen molar-refractivity contribution < 1.29 is 14.3 Å². The van der Waals surface area contributed by atoms with Crippen LogP contribution in [0.5, 0.6) is 0 Å². The monoisotopic (exact) mass is 276 g/mol. The minimum Gasteiger partial charge on any atom is -0.444 e. The van der Waals surface area contributed by atoms with E-state index in [1.165, 1.54) is 4.90 Å². The molecule has 1 fully saturated rings. The number of aromatic nitrogens is 1. The number of Topliss-reactive ketones (excluding diaryl/α,β-unsaturated/α-hetero) is 1. The van der Waals surface area contributed by atoms with E-state index in [1.807, 2.05) is 20.8 Å². The molecule has 1 saturated heterocycles. The van der Waals surface area contributed by atoms with E-state index >= 15 is 0 Å². The van der Waals surface area contributed by atoms with Gasteiger partial charge in [-0.05, 0) is 45.7 Å². The first-order valence-corrected chi connectivity index (χ1v) is 6.83. The Morgan fingerprint density at radius 2 is 2.10 bits per heavy atom. The summed E-state index contributed by atoms with van der Waals surface area (Å²) in [6.45, 7) is 6.00. The molecule has 20 heavy (non-hydrogen) atoms. The molecule has 0 aromatic carbocycles. The minimum absolute atomic E-state index is 0.117. The van der Waals surface area contributed by atoms with Crippen molar-refractivity contribution in [3.63, 3.8) is 0 Å². The van der Waals surface area contributed by atoms with Gasteiger partial charge < -0.3 is 4.74 Å². The van der Waals surface area contributed by atoms with Gasteiger partial charge in [-0.2, -0.15) is 0 Å². The van der Waals surface area contributed by atoms with Gasteiger partial charge in [-0.15, -0.1) is 0 Å². The first kappa shape index (κ1) is 14.5. The first-order chi connectivity index (χ1) is 9.38. The van der Waals surface area contributed by atoms with E-state index in [4.69, 9.17) is 4.74 Å². The Balaban J connectivity index is 2.11. The van der Waals surface area contributed by atoms with Crippen LogP contribution in [-0.4, -0.2) is 39.9 Å². The van der Waals surface area contributed by atoms with Crippen LogP contribution in [0.2, 0.25) is 0 Å². The highest BCUT2D eigenvalue weighted by molar-refractivity contribution is 6.00. The van der Waals surface area contributed by atoms with Gasteiger partial charge in [0.2, 0.25) is 5.78 Å². The molecule has 5 nitrogen and oxygen atoms in total. The van der Waals surface area contributed by atoms with Crippen molar-refractivity contribution in [3.05, 3.63) is 30.1 Å². The molecule has 0 spiro atoms. The van der Waals surface area contributed by atoms with Gasteiger partial charge in [0.05, 0.1) is 0 Å². The Kier molecular flexibility index (Phi) is 4.06. The summed E-state index contributed by atoms with van der Waals surface area (Å²) in [7, 11) is 0. The summed E-state index contributed by atoms with van der Waals surface area (Å²) in [6.07, 6.45) is 2.63. The molecule has 2 heterocycles. The highest BCUT2D eigenvalue weighted by Gasteiger charge is 2.37. The minimum atomic E-state index is -0.557. The number of pyridine rings is 1. The molecule has 0 unspecified atom stereocenters. The molecule has 1 aromatic rings. The summed E-state index contributed by atoms with van der Waals surface area (Å²) >= 11 is 0. The van der Waals surface area contributed by atoms with Crippen LogP contribution >= 0.6 is 0 Å². The van der Waals surface area contributed by atoms with E-state index < -0.39 is 17.7 Å². The molecule has 2 rings (SSSR count). The van der Waals surface area contributed by atoms with E-state index in [9.17, 15) is 9.59 Å². The van der Waals surface area contributed by atoms with Crippen LogP contribution in [0.15, 0.2) is 24.4 Å². The molecule has 1 aliphatic rings. The number of ketones is 1. The van der Waals surface area contributed by atoms with Crippen LogP contribution in [0.3, 0.4) is 0 Å². The van der Waals surface area contributed by atoms with Gasteiger partial charge in [0.15, 0.2) is 0 Å². The smallest absolute Gasteiger partial charge is 0.410 e. The Hall–Kier alpha value is -1.91. The van der Waals surface area contributed by atoms with E-state index in [0.29, 0.717) is 18.7 Å². The van der Waals surface area contributed by atoms with Crippen LogP contribution in [-0.2, 0) is 4.74 Å². The van der Waals surface area contributed by atoms with Crippen molar-refractivity contribution in [2.24, 2.45) is 0 Å². The predicted octanol–water partition coefficient (Wildman–Crippen LogP) is 2.66. The van der Waals surface area contributed by atoms with Crippen molar-refractivity contribution in [2.75, 3.05) is 6.54 Å². The fourth-order valence-electron chi connectivity index (χ4n) is 2.26. The molecule has 0 bridgehead atoms. The van der Waals surface area contributed by atoms with Crippen molar-refractivity contribution in [2.45, 2.75) is 45.3 Å². The second-order valence-electron chi connectivity index (χ2n) is 5.91. The number of hydrogen-bond acceptors (Lipinski definition) is 4. The molecule has 1 aliphatic heterocycles. The molecule has 1 amide bonds. The van der Waals surface area contributed by atoms with Gasteiger partial charge in [0.25, 0.3) is 0 Å². The van der Waals surface area contributed by atoms with Crippen molar-refractivity contribution in [3.8, 4) is 0 Å². The SMILES string of the molecule is CC(C)(C)OC(=O)N1CCC[C@H]1C(=O)c1ccccn1. The fourth-order valence-corrected chi connectivity index (χ4v) is 2.26. The summed E-state index contributed by atoms with van der Waals surface area (Å²) in [4.78, 5) is 30.1. The number of amides is 1. The number of ether oxygens (including phenoxy) is 1. The van der Waals surface area contributed by atoms with E-state index in [0.717, 1.165) is 6.42 Å². The molecule has 0 N–H and O–H groups in total. The van der Waals surface area contributed by atoms with Crippen LogP contribution in [0, 0.1) is 0 Å². The third-order valence-electron chi connectivity index (χ3n) is 3.10. The zero-order chi connectivity index (χ0) is 14.8. The van der Waals surface area contributed by atoms with Crippen LogP contribution < -0.4 is 0 Å². The van der Waals surface area contributed by atoms with Gasteiger partial charge in [0.1, 0.15) is 17.3 Å². The van der Waals surface area contributed by atoms with E-state index in [1.54, 1.807) is 24.4 Å². The molecule has 0 aliphatic carbocycles. The molecular weight excluding hydrogens is 256 g/mol. The maximum Gasteiger partial charge on any atom is 0.410 e. The number of likely N-dealkylation sites (tertiary alicyclic amines) is 1. The summed E-state index contributed by atoms with van der Waals surface area (Å²) in [5.74, 6) is -0.117. The van der Waals surface area contributed by atoms with Crippen molar-refractivity contribution in [1.82, 2.24) is 9.88 Å². The number of rotatable bonds is 2. The maximum atomic E-state index is 12.4. The summed E-state index contributed by atoms with van der Waals surface area (Å²) < 4.78 is 5.35. The molecule has 5 heteroatoms. The second kappa shape index (κ2) is 5.61. The fraction of sp³-hybridized carbons (Fsp3) is 0.533. The first-order valence-electron chi connectivity index (χ1n) is 6.83. The quantitative estimate of drug-likeness (QED) is 0.779. The second-order valence-corrected chi connectivity index (χ2v) is 5.91. The Bertz CT molecular complexity index is 494. The third kappa shape index (κ3) is 3.35. The summed E-state index contributed by atoms with van der Waals surface area (Å²) in [5.41, 5.74) is -0.161. The molecule has 0 radical (unpaired) electrons. The lowest BCUT2D eigenvalue weighted by atomic mass is 10.1. The lowest BCUT2D eigenvalue weighted by molar-refractivity contribution is 0.0222. The van der Waals surface area contributed by atoms with Crippen molar-refractivity contribution in [1.29, 1.82) is 0 Å². The lowest BCUT2D eigenvalue weighted by Crippen LogP contribution is -2.43. The number of carbonyl (C=O) groups excluding carboxylic acids is 2. The Morgan fingerprint density at radius 3 is 2.70 bits per heavy atom. The number of hydrogen-bond donors (Lipinski definition) is 0. The molecule has 1 aromatic heterocycles. The topological polar surface area (TPSA) is 59.5 Å². The van der Waals surface area contributed by atoms with Gasteiger partial charge >= 0.3 is 6.09 Å². The molecule has 0 saturated carbocycles. The normalized spacial score (nSPS) is 18.9. The number of carbonyl (C=O) groups is 2. The molecular formula is C15H20N2O3. The van der Waals surface area contributed by atoms with Crippen molar-refractivity contribution >= 4 is 11.9 Å². The van der Waals surface area contributed by atoms with Gasteiger partial charge in [-0.3, -0.25) is 14.7 Å². The molecule has 108 valence electrons. The molecule has 1 atom stereocenters. The van der Waals surface area contributed by atoms with Crippen LogP contribution in [0.25, 0.3) is 0 Å². The Labute approximate surface area is 118 Å². The highest BCUT2D eigenvalue weighted by Crippen LogP contribution is 2.23. The highest BCUT2D eigenvalue weighted by atomic mass is 16.6. The predicted molar refractivity (Wildman–Crippen MR) is 74.5 cm³/mol. The van der Waals surface area contributed by atoms with Gasteiger partial charge in [-0.25, -0.2) is 4.79 Å². The zero-order valence-electron chi connectivity index (χ0n) is 12.1. The zero-order valence-corrected chi connectivity index (χ0v) is 12.1. The lowest BCUT2D eigenvalue weighted by Gasteiger charge is -2.27. The standard InChI is InChI=1S/C15H20N2O3/c1-15(2,3)20-14(19)17-10-6-8-12(17)13(18)11-7-4-5-9-16-11/h4-5,7,9,12H,6,8,10H2,1-3H3/t12-/m0/s1. The largest absolute Gasteiger partial charge is 0.444 e. The van der Waals surface area contributed by atoms with Crippen LogP contribution in [0.4, 0.5) is 4.79 Å². The van der Waals surface area contributed by atoms with Gasteiger partial charge in [0, 0.05) is 12.7 Å². The Morgan fingerprint density at radius 1 is 1.35 bits per heavy atom. The maximum absolute atomic E-state index is 12.4. The number of nitrogens with zero attached hydrogens (tertiary/aromatic N) is 2. The third-order valence-corrected chi connectivity index (χ3v) is 3.10. The van der Waals surface area contributed by atoms with Crippen LogP contribution in [0.1, 0.15) is 44.1 Å². The van der Waals surface area contributed by atoms with E-state index in [-0.39, 0.29) is 5.78 Å². The van der Waals surface area contributed by atoms with Gasteiger partial charge in [-0.1, -0.05) is 6.07 Å².